The summed E-state index contributed by atoms with van der Waals surface area (Å²) < 4.78 is 95.4. The second-order valence-corrected chi connectivity index (χ2v) is 9.78. The van der Waals surface area contributed by atoms with Crippen LogP contribution in [0.25, 0.3) is 0 Å². The van der Waals surface area contributed by atoms with Gasteiger partial charge in [-0.2, -0.15) is 31.4 Å². The summed E-state index contributed by atoms with van der Waals surface area (Å²) in [6, 6.07) is 0.745. The number of carbonyl (C=O) groups is 1. The number of aromatic nitrogens is 3. The molecule has 5 heterocycles. The number of nitrogens with one attached hydrogen (secondary N) is 1. The fraction of sp³-hybridized carbons (Fsp3) is 0.583. The lowest BCUT2D eigenvalue weighted by Gasteiger charge is -2.41. The van der Waals surface area contributed by atoms with Crippen LogP contribution in [0.3, 0.4) is 0 Å². The Bertz CT molecular complexity index is 1300. The van der Waals surface area contributed by atoms with Gasteiger partial charge < -0.3 is 24.0 Å². The number of aromatic amines is 1. The summed E-state index contributed by atoms with van der Waals surface area (Å²) >= 11 is 0. The van der Waals surface area contributed by atoms with Gasteiger partial charge in [0.25, 0.3) is 5.56 Å². The summed E-state index contributed by atoms with van der Waals surface area (Å²) in [5, 5.41) is 5.09. The molecule has 3 aliphatic heterocycles. The maximum absolute atomic E-state index is 13.2. The molecule has 0 aliphatic carbocycles. The highest BCUT2D eigenvalue weighted by atomic mass is 19.4. The quantitative estimate of drug-likeness (QED) is 0.541. The molecule has 0 bridgehead atoms. The molecule has 0 saturated carbocycles. The van der Waals surface area contributed by atoms with Crippen molar-refractivity contribution in [3.8, 4) is 11.5 Å². The standard InChI is InChI=1S/C24H25F6N5O5/c25-23(26,27)13-7-17-21(31-9-13)35-5-4-34(11-14(35)3-6-38-17)19(36)8-15-1-2-16(40-15)12-39-18-10-32-33-22(37)20(18)24(28,29)30/h7,9-10,14-16H,1-6,8,11-12H2,(H,33,37). The van der Waals surface area contributed by atoms with E-state index in [2.05, 4.69) is 10.1 Å². The Morgan fingerprint density at radius 1 is 1.07 bits per heavy atom. The minimum Gasteiger partial charge on any atom is -0.490 e. The number of carbonyl (C=O) groups excluding carboxylic acids is 1. The minimum absolute atomic E-state index is 0.0583. The lowest BCUT2D eigenvalue weighted by molar-refractivity contribution is -0.141. The average Bonchev–Trinajstić information content (AvgIpc) is 3.24. The Morgan fingerprint density at radius 2 is 1.85 bits per heavy atom. The number of hydrogen-bond donors (Lipinski definition) is 1. The van der Waals surface area contributed by atoms with E-state index in [1.54, 1.807) is 10.00 Å². The van der Waals surface area contributed by atoms with Crippen LogP contribution in [0.1, 0.15) is 36.8 Å². The van der Waals surface area contributed by atoms with Crippen LogP contribution in [-0.2, 0) is 21.9 Å². The first kappa shape index (κ1) is 28.0. The minimum atomic E-state index is -4.92. The smallest absolute Gasteiger partial charge is 0.425 e. The number of nitrogens with zero attached hydrogens (tertiary/aromatic N) is 4. The molecule has 0 radical (unpaired) electrons. The van der Waals surface area contributed by atoms with Crippen molar-refractivity contribution in [1.29, 1.82) is 0 Å². The van der Waals surface area contributed by atoms with Gasteiger partial charge in [-0.15, -0.1) is 0 Å². The van der Waals surface area contributed by atoms with E-state index in [1.807, 2.05) is 4.90 Å². The Morgan fingerprint density at radius 3 is 2.60 bits per heavy atom. The molecule has 0 spiro atoms. The third kappa shape index (κ3) is 5.95. The molecule has 16 heteroatoms. The predicted octanol–water partition coefficient (Wildman–Crippen LogP) is 3.02. The highest BCUT2D eigenvalue weighted by molar-refractivity contribution is 5.77. The molecule has 40 heavy (non-hydrogen) atoms. The molecule has 2 aromatic heterocycles. The Kier molecular flexibility index (Phi) is 7.54. The fourth-order valence-electron chi connectivity index (χ4n) is 5.15. The van der Waals surface area contributed by atoms with Crippen molar-refractivity contribution in [3.05, 3.63) is 39.9 Å². The van der Waals surface area contributed by atoms with Crippen molar-refractivity contribution < 1.29 is 45.3 Å². The van der Waals surface area contributed by atoms with E-state index < -0.39 is 47.0 Å². The number of hydrogen-bond acceptors (Lipinski definition) is 8. The van der Waals surface area contributed by atoms with Gasteiger partial charge >= 0.3 is 12.4 Å². The van der Waals surface area contributed by atoms with Crippen LogP contribution in [0.5, 0.6) is 11.5 Å². The summed E-state index contributed by atoms with van der Waals surface area (Å²) in [6.07, 6.45) is -7.45. The summed E-state index contributed by atoms with van der Waals surface area (Å²) in [6.45, 7) is 0.943. The van der Waals surface area contributed by atoms with Crippen LogP contribution < -0.4 is 19.9 Å². The number of alkyl halides is 6. The number of piperazine rings is 1. The van der Waals surface area contributed by atoms with Gasteiger partial charge in [0.05, 0.1) is 43.0 Å². The van der Waals surface area contributed by atoms with Crippen LogP contribution >= 0.6 is 0 Å². The second kappa shape index (κ2) is 10.8. The van der Waals surface area contributed by atoms with E-state index in [4.69, 9.17) is 14.2 Å². The molecule has 1 N–H and O–H groups in total. The van der Waals surface area contributed by atoms with Crippen molar-refractivity contribution in [2.45, 2.75) is 56.3 Å². The Hall–Kier alpha value is -3.56. The molecular weight excluding hydrogens is 552 g/mol. The van der Waals surface area contributed by atoms with Crippen molar-refractivity contribution in [3.63, 3.8) is 0 Å². The highest BCUT2D eigenvalue weighted by Crippen LogP contribution is 2.38. The number of halogens is 6. The van der Waals surface area contributed by atoms with E-state index in [-0.39, 0.29) is 37.3 Å². The van der Waals surface area contributed by atoms with Crippen LogP contribution in [0.15, 0.2) is 23.3 Å². The molecule has 2 fully saturated rings. The van der Waals surface area contributed by atoms with Crippen LogP contribution in [-0.4, -0.2) is 77.1 Å². The van der Waals surface area contributed by atoms with Crippen molar-refractivity contribution in [2.75, 3.05) is 37.7 Å². The average molecular weight is 577 g/mol. The monoisotopic (exact) mass is 577 g/mol. The van der Waals surface area contributed by atoms with Gasteiger partial charge in [0, 0.05) is 32.3 Å². The third-order valence-corrected chi connectivity index (χ3v) is 7.10. The SMILES string of the molecule is O=C(CC1CCC(COc2cn[nH]c(=O)c2C(F)(F)F)O1)N1CCN2c3ncc(C(F)(F)F)cc3OCCC2C1. The largest absolute Gasteiger partial charge is 0.490 e. The van der Waals surface area contributed by atoms with Crippen LogP contribution in [0.2, 0.25) is 0 Å². The maximum Gasteiger partial charge on any atom is 0.425 e. The van der Waals surface area contributed by atoms with Crippen molar-refractivity contribution in [1.82, 2.24) is 20.1 Å². The summed E-state index contributed by atoms with van der Waals surface area (Å²) in [5.74, 6) is -0.498. The van der Waals surface area contributed by atoms with E-state index in [9.17, 15) is 35.9 Å². The van der Waals surface area contributed by atoms with Gasteiger partial charge in [-0.25, -0.2) is 10.1 Å². The van der Waals surface area contributed by atoms with Gasteiger partial charge in [-0.3, -0.25) is 9.59 Å². The third-order valence-electron chi connectivity index (χ3n) is 7.10. The lowest BCUT2D eigenvalue weighted by atomic mass is 10.1. The lowest BCUT2D eigenvalue weighted by Crippen LogP contribution is -2.55. The number of H-pyrrole nitrogens is 1. The van der Waals surface area contributed by atoms with E-state index >= 15 is 0 Å². The molecule has 3 unspecified atom stereocenters. The summed E-state index contributed by atoms with van der Waals surface area (Å²) in [4.78, 5) is 32.2. The van der Waals surface area contributed by atoms with Crippen LogP contribution in [0, 0.1) is 0 Å². The van der Waals surface area contributed by atoms with E-state index in [0.717, 1.165) is 18.5 Å². The normalized spacial score (nSPS) is 23.2. The maximum atomic E-state index is 13.2. The molecule has 2 saturated heterocycles. The molecule has 0 aromatic carbocycles. The predicted molar refractivity (Wildman–Crippen MR) is 125 cm³/mol. The molecule has 3 aliphatic rings. The zero-order valence-electron chi connectivity index (χ0n) is 20.9. The second-order valence-electron chi connectivity index (χ2n) is 9.78. The van der Waals surface area contributed by atoms with E-state index in [0.29, 0.717) is 44.7 Å². The van der Waals surface area contributed by atoms with Gasteiger partial charge in [0.2, 0.25) is 5.91 Å². The molecule has 218 valence electrons. The molecular formula is C24H25F6N5O5. The molecule has 5 rings (SSSR count). The number of amides is 1. The molecule has 1 amide bonds. The molecule has 3 atom stereocenters. The van der Waals surface area contributed by atoms with Gasteiger partial charge in [0.1, 0.15) is 6.61 Å². The van der Waals surface area contributed by atoms with Gasteiger partial charge in [-0.1, -0.05) is 0 Å². The van der Waals surface area contributed by atoms with E-state index in [1.165, 1.54) is 0 Å². The zero-order valence-corrected chi connectivity index (χ0v) is 20.9. The first-order valence-electron chi connectivity index (χ1n) is 12.6. The summed E-state index contributed by atoms with van der Waals surface area (Å²) in [7, 11) is 0. The number of ether oxygens (including phenoxy) is 3. The van der Waals surface area contributed by atoms with Crippen molar-refractivity contribution in [2.24, 2.45) is 0 Å². The number of anilines is 1. The number of fused-ring (bicyclic) bond motifs is 3. The van der Waals surface area contributed by atoms with Crippen LogP contribution in [0.4, 0.5) is 32.2 Å². The fourth-order valence-corrected chi connectivity index (χ4v) is 5.15. The first-order valence-corrected chi connectivity index (χ1v) is 12.6. The summed E-state index contributed by atoms with van der Waals surface area (Å²) in [5.41, 5.74) is -3.78. The topological polar surface area (TPSA) is 110 Å². The first-order chi connectivity index (χ1) is 18.9. The highest BCUT2D eigenvalue weighted by Gasteiger charge is 2.40. The van der Waals surface area contributed by atoms with Gasteiger partial charge in [-0.05, 0) is 18.9 Å². The molecule has 10 nitrogen and oxygen atoms in total. The zero-order chi connectivity index (χ0) is 28.7. The van der Waals surface area contributed by atoms with Gasteiger partial charge in [0.15, 0.2) is 22.9 Å². The Balaban J connectivity index is 1.15. The Labute approximate surface area is 223 Å². The van der Waals surface area contributed by atoms with Crippen molar-refractivity contribution >= 4 is 11.7 Å². The number of pyridine rings is 1. The molecule has 2 aromatic rings. The number of rotatable bonds is 5.